The highest BCUT2D eigenvalue weighted by Crippen LogP contribution is 2.59. The van der Waals surface area contributed by atoms with E-state index in [1.165, 1.54) is 0 Å². The molecule has 2 aromatic carbocycles. The lowest BCUT2D eigenvalue weighted by Crippen LogP contribution is -2.65. The molecule has 28 heavy (non-hydrogen) atoms. The molecule has 2 aliphatic rings. The average molecular weight is 377 g/mol. The van der Waals surface area contributed by atoms with Gasteiger partial charge in [0.15, 0.2) is 0 Å². The number of halogens is 1. The Kier molecular flexibility index (Phi) is 3.45. The quantitative estimate of drug-likeness (QED) is 0.639. The molecule has 2 N–H and O–H groups in total. The molecular weight excluding hydrogens is 353 g/mol. The molecule has 0 bridgehead atoms. The number of anilines is 1. The van der Waals surface area contributed by atoms with E-state index in [1.807, 2.05) is 38.1 Å². The largest absolute Gasteiger partial charge is 0.387 e. The van der Waals surface area contributed by atoms with Crippen LogP contribution in [0.15, 0.2) is 42.7 Å². The number of hydrogen-bond acceptors (Lipinski definition) is 4. The maximum Gasteiger partial charge on any atom is 0.133 e. The van der Waals surface area contributed by atoms with Crippen molar-refractivity contribution < 1.29 is 9.50 Å². The van der Waals surface area contributed by atoms with Crippen molar-refractivity contribution in [3.63, 3.8) is 0 Å². The highest BCUT2D eigenvalue weighted by Gasteiger charge is 2.62. The maximum atomic E-state index is 15.3. The van der Waals surface area contributed by atoms with E-state index in [0.717, 1.165) is 46.8 Å². The SMILES string of the molecule is CC1(C)Nc2cc(F)c(-c3cccc4cnncc34)cc2C2(C)CCCC12O. The molecule has 1 aromatic heterocycles. The van der Waals surface area contributed by atoms with Crippen LogP contribution in [0, 0.1) is 5.82 Å². The summed E-state index contributed by atoms with van der Waals surface area (Å²) in [5.41, 5.74) is 1.25. The minimum Gasteiger partial charge on any atom is -0.387 e. The topological polar surface area (TPSA) is 58.0 Å². The number of hydrogen-bond donors (Lipinski definition) is 2. The molecule has 1 aliphatic carbocycles. The Hall–Kier alpha value is -2.53. The molecule has 2 heterocycles. The van der Waals surface area contributed by atoms with Gasteiger partial charge in [-0.3, -0.25) is 0 Å². The minimum atomic E-state index is -0.883. The van der Waals surface area contributed by atoms with Crippen LogP contribution < -0.4 is 5.32 Å². The molecule has 3 aromatic rings. The van der Waals surface area contributed by atoms with Crippen LogP contribution in [0.4, 0.5) is 10.1 Å². The number of rotatable bonds is 1. The van der Waals surface area contributed by atoms with Gasteiger partial charge in [0.2, 0.25) is 0 Å². The van der Waals surface area contributed by atoms with E-state index in [2.05, 4.69) is 22.4 Å². The predicted molar refractivity (Wildman–Crippen MR) is 109 cm³/mol. The van der Waals surface area contributed by atoms with Gasteiger partial charge < -0.3 is 10.4 Å². The Morgan fingerprint density at radius 1 is 1.04 bits per heavy atom. The van der Waals surface area contributed by atoms with E-state index in [-0.39, 0.29) is 5.82 Å². The Morgan fingerprint density at radius 2 is 1.82 bits per heavy atom. The van der Waals surface area contributed by atoms with Gasteiger partial charge in [0.25, 0.3) is 0 Å². The molecule has 0 saturated heterocycles. The first-order chi connectivity index (χ1) is 13.3. The average Bonchev–Trinajstić information content (AvgIpc) is 2.98. The van der Waals surface area contributed by atoms with Gasteiger partial charge in [-0.1, -0.05) is 25.1 Å². The summed E-state index contributed by atoms with van der Waals surface area (Å²) in [6.07, 6.45) is 5.94. The number of benzene rings is 2. The van der Waals surface area contributed by atoms with Crippen molar-refractivity contribution in [2.24, 2.45) is 0 Å². The molecule has 2 unspecified atom stereocenters. The van der Waals surface area contributed by atoms with E-state index in [4.69, 9.17) is 0 Å². The zero-order chi connectivity index (χ0) is 19.7. The number of fused-ring (bicyclic) bond motifs is 4. The molecule has 4 nitrogen and oxygen atoms in total. The summed E-state index contributed by atoms with van der Waals surface area (Å²) < 4.78 is 15.3. The fourth-order valence-corrected chi connectivity index (χ4v) is 5.58. The van der Waals surface area contributed by atoms with E-state index < -0.39 is 16.6 Å². The zero-order valence-corrected chi connectivity index (χ0v) is 16.4. The molecule has 5 heteroatoms. The van der Waals surface area contributed by atoms with Gasteiger partial charge in [-0.2, -0.15) is 10.2 Å². The van der Waals surface area contributed by atoms with Crippen molar-refractivity contribution >= 4 is 16.5 Å². The van der Waals surface area contributed by atoms with Crippen LogP contribution in [0.5, 0.6) is 0 Å². The highest BCUT2D eigenvalue weighted by molar-refractivity contribution is 5.96. The normalized spacial score (nSPS) is 27.9. The molecular formula is C23H24FN3O. The van der Waals surface area contributed by atoms with E-state index in [9.17, 15) is 5.11 Å². The second-order valence-corrected chi connectivity index (χ2v) is 8.97. The van der Waals surface area contributed by atoms with Crippen molar-refractivity contribution in [3.8, 4) is 11.1 Å². The first-order valence-electron chi connectivity index (χ1n) is 9.81. The zero-order valence-electron chi connectivity index (χ0n) is 16.4. The fourth-order valence-electron chi connectivity index (χ4n) is 5.58. The lowest BCUT2D eigenvalue weighted by Gasteiger charge is -2.55. The molecule has 0 amide bonds. The molecule has 5 rings (SSSR count). The van der Waals surface area contributed by atoms with Gasteiger partial charge in [-0.15, -0.1) is 0 Å². The van der Waals surface area contributed by atoms with Crippen LogP contribution in [-0.4, -0.2) is 26.4 Å². The van der Waals surface area contributed by atoms with Crippen LogP contribution in [0.25, 0.3) is 21.9 Å². The third kappa shape index (κ3) is 2.08. The van der Waals surface area contributed by atoms with Crippen molar-refractivity contribution in [3.05, 3.63) is 54.1 Å². The molecule has 144 valence electrons. The first-order valence-corrected chi connectivity index (χ1v) is 9.81. The van der Waals surface area contributed by atoms with Gasteiger partial charge in [0.1, 0.15) is 5.82 Å². The third-order valence-electron chi connectivity index (χ3n) is 7.19. The van der Waals surface area contributed by atoms with Crippen LogP contribution >= 0.6 is 0 Å². The second kappa shape index (κ2) is 5.51. The minimum absolute atomic E-state index is 0.279. The lowest BCUT2D eigenvalue weighted by molar-refractivity contribution is -0.0628. The summed E-state index contributed by atoms with van der Waals surface area (Å²) in [6, 6.07) is 9.29. The molecule has 0 spiro atoms. The number of aromatic nitrogens is 2. The predicted octanol–water partition coefficient (Wildman–Crippen LogP) is 4.81. The Bertz CT molecular complexity index is 1110. The molecule has 1 aliphatic heterocycles. The van der Waals surface area contributed by atoms with E-state index in [1.54, 1.807) is 18.5 Å². The van der Waals surface area contributed by atoms with Gasteiger partial charge in [-0.05, 0) is 56.4 Å². The van der Waals surface area contributed by atoms with E-state index in [0.29, 0.717) is 5.56 Å². The summed E-state index contributed by atoms with van der Waals surface area (Å²) in [6.45, 7) is 6.14. The van der Waals surface area contributed by atoms with E-state index >= 15 is 4.39 Å². The standard InChI is InChI=1S/C23H24FN3O/c1-21(2)23(28)9-5-8-22(23,3)18-10-16(19(24)11-20(18)27-21)15-7-4-6-14-12-25-26-13-17(14)15/h4,6-7,10-13,27-28H,5,8-9H2,1-3H3. The summed E-state index contributed by atoms with van der Waals surface area (Å²) in [4.78, 5) is 0. The van der Waals surface area contributed by atoms with Crippen molar-refractivity contribution in [1.29, 1.82) is 0 Å². The Morgan fingerprint density at radius 3 is 2.64 bits per heavy atom. The Labute approximate surface area is 163 Å². The number of nitrogens with one attached hydrogen (secondary N) is 1. The summed E-state index contributed by atoms with van der Waals surface area (Å²) in [7, 11) is 0. The van der Waals surface area contributed by atoms with Gasteiger partial charge in [0.05, 0.1) is 23.5 Å². The lowest BCUT2D eigenvalue weighted by atomic mass is 9.60. The smallest absolute Gasteiger partial charge is 0.133 e. The Balaban J connectivity index is 1.78. The van der Waals surface area contributed by atoms with Crippen molar-refractivity contribution in [2.75, 3.05) is 5.32 Å². The van der Waals surface area contributed by atoms with Gasteiger partial charge in [-0.25, -0.2) is 4.39 Å². The molecule has 1 fully saturated rings. The summed E-state index contributed by atoms with van der Waals surface area (Å²) in [5.74, 6) is -0.279. The highest BCUT2D eigenvalue weighted by atomic mass is 19.1. The molecule has 1 saturated carbocycles. The van der Waals surface area contributed by atoms with Crippen LogP contribution in [-0.2, 0) is 5.41 Å². The van der Waals surface area contributed by atoms with Gasteiger partial charge in [0, 0.05) is 27.4 Å². The summed E-state index contributed by atoms with van der Waals surface area (Å²) >= 11 is 0. The number of nitrogens with zero attached hydrogens (tertiary/aromatic N) is 2. The number of aliphatic hydroxyl groups is 1. The van der Waals surface area contributed by atoms with Crippen LogP contribution in [0.2, 0.25) is 0 Å². The molecule has 0 radical (unpaired) electrons. The second-order valence-electron chi connectivity index (χ2n) is 8.97. The van der Waals surface area contributed by atoms with Gasteiger partial charge >= 0.3 is 0 Å². The molecule has 2 atom stereocenters. The third-order valence-corrected chi connectivity index (χ3v) is 7.19. The maximum absolute atomic E-state index is 15.3. The van der Waals surface area contributed by atoms with Crippen molar-refractivity contribution in [2.45, 2.75) is 56.6 Å². The fraction of sp³-hybridized carbons (Fsp3) is 0.391. The van der Waals surface area contributed by atoms with Crippen molar-refractivity contribution in [1.82, 2.24) is 10.2 Å². The van der Waals surface area contributed by atoms with Crippen LogP contribution in [0.3, 0.4) is 0 Å². The van der Waals surface area contributed by atoms with Crippen LogP contribution in [0.1, 0.15) is 45.6 Å². The monoisotopic (exact) mass is 377 g/mol. The first kappa shape index (κ1) is 17.6. The summed E-state index contributed by atoms with van der Waals surface area (Å²) in [5, 5.41) is 24.8.